The van der Waals surface area contributed by atoms with Gasteiger partial charge in [-0.15, -0.1) is 5.10 Å². The third-order valence-corrected chi connectivity index (χ3v) is 5.58. The first-order valence-electron chi connectivity index (χ1n) is 8.89. The number of piperidine rings is 1. The first-order valence-corrected chi connectivity index (χ1v) is 9.71. The van der Waals surface area contributed by atoms with Gasteiger partial charge in [0.2, 0.25) is 16.0 Å². The molecule has 8 nitrogen and oxygen atoms in total. The molecule has 27 heavy (non-hydrogen) atoms. The molecule has 4 heterocycles. The molecule has 0 aliphatic carbocycles. The van der Waals surface area contributed by atoms with E-state index in [1.165, 1.54) is 21.9 Å². The molecule has 0 radical (unpaired) electrons. The summed E-state index contributed by atoms with van der Waals surface area (Å²) in [5.74, 6) is -0.0651. The average molecular weight is 384 g/mol. The summed E-state index contributed by atoms with van der Waals surface area (Å²) in [7, 11) is 0. The van der Waals surface area contributed by atoms with E-state index in [1.54, 1.807) is 19.3 Å². The summed E-state index contributed by atoms with van der Waals surface area (Å²) < 4.78 is 1.33. The van der Waals surface area contributed by atoms with Gasteiger partial charge in [0.05, 0.1) is 5.92 Å². The Morgan fingerprint density at radius 2 is 2.33 bits per heavy atom. The number of pyridine rings is 1. The van der Waals surface area contributed by atoms with Crippen molar-refractivity contribution in [1.82, 2.24) is 24.9 Å². The highest BCUT2D eigenvalue weighted by Crippen LogP contribution is 2.27. The lowest BCUT2D eigenvalue weighted by Gasteiger charge is -2.31. The third kappa shape index (κ3) is 3.82. The third-order valence-electron chi connectivity index (χ3n) is 4.61. The van der Waals surface area contributed by atoms with Crippen LogP contribution in [0.15, 0.2) is 35.4 Å². The zero-order valence-corrected chi connectivity index (χ0v) is 15.8. The molecule has 1 aliphatic heterocycles. The van der Waals surface area contributed by atoms with Gasteiger partial charge in [-0.05, 0) is 31.4 Å². The number of hydrogen-bond acceptors (Lipinski definition) is 7. The summed E-state index contributed by atoms with van der Waals surface area (Å²) in [6.45, 7) is 3.68. The number of hydrogen-bond donors (Lipinski definition) is 1. The number of carbonyl (C=O) groups excluding carboxylic acids is 1. The maximum Gasteiger partial charge on any atom is 0.275 e. The van der Waals surface area contributed by atoms with Crippen molar-refractivity contribution in [2.45, 2.75) is 26.3 Å². The number of nitrogens with zero attached hydrogens (tertiary/aromatic N) is 5. The fourth-order valence-electron chi connectivity index (χ4n) is 3.24. The van der Waals surface area contributed by atoms with Gasteiger partial charge in [0.25, 0.3) is 5.56 Å². The normalized spacial score (nSPS) is 17.2. The molecule has 4 rings (SSSR count). The Morgan fingerprint density at radius 3 is 3.15 bits per heavy atom. The smallest absolute Gasteiger partial charge is 0.275 e. The van der Waals surface area contributed by atoms with Gasteiger partial charge in [0.15, 0.2) is 0 Å². The number of rotatable bonds is 4. The Bertz CT molecular complexity index is 1020. The van der Waals surface area contributed by atoms with Crippen molar-refractivity contribution < 1.29 is 4.79 Å². The summed E-state index contributed by atoms with van der Waals surface area (Å²) >= 11 is 1.38. The maximum atomic E-state index is 12.6. The highest BCUT2D eigenvalue weighted by atomic mass is 32.1. The minimum atomic E-state index is -0.178. The molecule has 0 bridgehead atoms. The van der Waals surface area contributed by atoms with Crippen LogP contribution in [0, 0.1) is 12.8 Å². The number of fused-ring (bicyclic) bond motifs is 1. The second-order valence-electron chi connectivity index (χ2n) is 6.68. The second kappa shape index (κ2) is 7.43. The first-order chi connectivity index (χ1) is 13.1. The van der Waals surface area contributed by atoms with Gasteiger partial charge < -0.3 is 10.2 Å². The first kappa shape index (κ1) is 17.6. The minimum absolute atomic E-state index is 0.0378. The molecular formula is C18H20N6O2S. The van der Waals surface area contributed by atoms with Crippen molar-refractivity contribution in [3.05, 3.63) is 52.2 Å². The van der Waals surface area contributed by atoms with Crippen LogP contribution in [0.3, 0.4) is 0 Å². The lowest BCUT2D eigenvalue weighted by Crippen LogP contribution is -2.43. The van der Waals surface area contributed by atoms with Gasteiger partial charge in [-0.3, -0.25) is 14.6 Å². The highest BCUT2D eigenvalue weighted by molar-refractivity contribution is 7.20. The number of carbonyl (C=O) groups is 1. The molecule has 1 aliphatic rings. The van der Waals surface area contributed by atoms with E-state index in [9.17, 15) is 9.59 Å². The number of aryl methyl sites for hydroxylation is 1. The van der Waals surface area contributed by atoms with Crippen LogP contribution in [0.25, 0.3) is 4.96 Å². The van der Waals surface area contributed by atoms with Crippen LogP contribution in [-0.2, 0) is 11.3 Å². The summed E-state index contributed by atoms with van der Waals surface area (Å²) in [5.41, 5.74) is 1.48. The Balaban J connectivity index is 1.45. The van der Waals surface area contributed by atoms with E-state index in [0.29, 0.717) is 23.7 Å². The zero-order valence-electron chi connectivity index (χ0n) is 15.0. The molecule has 1 N–H and O–H groups in total. The number of anilines is 1. The van der Waals surface area contributed by atoms with Gasteiger partial charge in [-0.1, -0.05) is 17.4 Å². The highest BCUT2D eigenvalue weighted by Gasteiger charge is 2.27. The van der Waals surface area contributed by atoms with E-state index >= 15 is 0 Å². The fraction of sp³-hybridized carbons (Fsp3) is 0.389. The Labute approximate surface area is 159 Å². The number of aromatic nitrogens is 4. The van der Waals surface area contributed by atoms with Crippen LogP contribution in [0.1, 0.15) is 24.1 Å². The lowest BCUT2D eigenvalue weighted by atomic mass is 9.97. The Kier molecular flexibility index (Phi) is 4.85. The monoisotopic (exact) mass is 384 g/mol. The van der Waals surface area contributed by atoms with Crippen molar-refractivity contribution in [1.29, 1.82) is 0 Å². The van der Waals surface area contributed by atoms with Crippen LogP contribution in [0.2, 0.25) is 0 Å². The van der Waals surface area contributed by atoms with Crippen LogP contribution in [0.4, 0.5) is 5.13 Å². The second-order valence-corrected chi connectivity index (χ2v) is 7.61. The van der Waals surface area contributed by atoms with E-state index in [-0.39, 0.29) is 17.4 Å². The Hall–Kier alpha value is -2.81. The lowest BCUT2D eigenvalue weighted by molar-refractivity contribution is -0.125. The van der Waals surface area contributed by atoms with E-state index in [2.05, 4.69) is 25.3 Å². The summed E-state index contributed by atoms with van der Waals surface area (Å²) in [6, 6.07) is 5.27. The summed E-state index contributed by atoms with van der Waals surface area (Å²) in [5, 5.41) is 8.14. The van der Waals surface area contributed by atoms with E-state index in [0.717, 1.165) is 30.1 Å². The van der Waals surface area contributed by atoms with Crippen molar-refractivity contribution in [2.75, 3.05) is 18.0 Å². The number of nitrogens with one attached hydrogen (secondary N) is 1. The van der Waals surface area contributed by atoms with Crippen molar-refractivity contribution >= 4 is 27.3 Å². The molecular weight excluding hydrogens is 364 g/mol. The van der Waals surface area contributed by atoms with Crippen molar-refractivity contribution in [3.63, 3.8) is 0 Å². The van der Waals surface area contributed by atoms with Crippen LogP contribution in [-0.4, -0.2) is 38.6 Å². The largest absolute Gasteiger partial charge is 0.352 e. The van der Waals surface area contributed by atoms with Crippen molar-refractivity contribution in [3.8, 4) is 0 Å². The van der Waals surface area contributed by atoms with E-state index in [4.69, 9.17) is 0 Å². The molecule has 0 spiro atoms. The number of amides is 1. The quantitative estimate of drug-likeness (QED) is 0.731. The predicted octanol–water partition coefficient (Wildman–Crippen LogP) is 1.39. The fourth-order valence-corrected chi connectivity index (χ4v) is 4.23. The topological polar surface area (TPSA) is 92.5 Å². The predicted molar refractivity (Wildman–Crippen MR) is 103 cm³/mol. The standard InChI is InChI=1S/C18H20N6O2S/c1-12-8-15(25)24-17(21-12)27-18(22-24)23-7-3-5-14(11-23)16(26)20-10-13-4-2-6-19-9-13/h2,4,6,8-9,14H,3,5,7,10-11H2,1H3,(H,20,26)/t14-/m1/s1. The van der Waals surface area contributed by atoms with Gasteiger partial charge in [-0.2, -0.15) is 4.52 Å². The molecule has 3 aromatic heterocycles. The maximum absolute atomic E-state index is 12.6. The van der Waals surface area contributed by atoms with E-state index < -0.39 is 0 Å². The summed E-state index contributed by atoms with van der Waals surface area (Å²) in [6.07, 6.45) is 5.21. The van der Waals surface area contributed by atoms with Crippen LogP contribution >= 0.6 is 11.3 Å². The van der Waals surface area contributed by atoms with Gasteiger partial charge in [-0.25, -0.2) is 4.98 Å². The average Bonchev–Trinajstić information content (AvgIpc) is 3.11. The molecule has 0 aromatic carbocycles. The van der Waals surface area contributed by atoms with E-state index in [1.807, 2.05) is 12.1 Å². The molecule has 9 heteroatoms. The van der Waals surface area contributed by atoms with Gasteiger partial charge in [0, 0.05) is 43.8 Å². The zero-order chi connectivity index (χ0) is 18.8. The molecule has 1 saturated heterocycles. The van der Waals surface area contributed by atoms with Crippen molar-refractivity contribution in [2.24, 2.45) is 5.92 Å². The molecule has 0 unspecified atom stereocenters. The molecule has 1 amide bonds. The molecule has 140 valence electrons. The van der Waals surface area contributed by atoms with Crippen LogP contribution in [0.5, 0.6) is 0 Å². The molecule has 1 atom stereocenters. The minimum Gasteiger partial charge on any atom is -0.352 e. The molecule has 1 fully saturated rings. The Morgan fingerprint density at radius 1 is 1.44 bits per heavy atom. The SMILES string of the molecule is Cc1cc(=O)n2nc(N3CCC[C@@H](C(=O)NCc4cccnc4)C3)sc2n1. The summed E-state index contributed by atoms with van der Waals surface area (Å²) in [4.78, 5) is 35.7. The molecule has 0 saturated carbocycles. The van der Waals surface area contributed by atoms with Gasteiger partial charge in [0.1, 0.15) is 0 Å². The van der Waals surface area contributed by atoms with Crippen LogP contribution < -0.4 is 15.8 Å². The van der Waals surface area contributed by atoms with Gasteiger partial charge >= 0.3 is 0 Å². The molecule has 3 aromatic rings.